The van der Waals surface area contributed by atoms with Gasteiger partial charge in [0, 0.05) is 17.1 Å². The molecule has 0 saturated carbocycles. The fourth-order valence-electron chi connectivity index (χ4n) is 4.93. The molecule has 0 aliphatic heterocycles. The summed E-state index contributed by atoms with van der Waals surface area (Å²) in [5.74, 6) is 0.315. The highest BCUT2D eigenvalue weighted by atomic mass is 16.5. The van der Waals surface area contributed by atoms with Gasteiger partial charge in [0.25, 0.3) is 5.91 Å². The molecule has 7 heteroatoms. The molecule has 1 aliphatic rings. The number of anilines is 1. The number of fused-ring (bicyclic) bond motifs is 2. The van der Waals surface area contributed by atoms with Gasteiger partial charge in [-0.3, -0.25) is 9.78 Å². The van der Waals surface area contributed by atoms with Gasteiger partial charge in [0.05, 0.1) is 31.0 Å². The van der Waals surface area contributed by atoms with E-state index in [4.69, 9.17) is 19.2 Å². The first-order chi connectivity index (χ1) is 18.1. The van der Waals surface area contributed by atoms with Crippen LogP contribution in [-0.4, -0.2) is 37.7 Å². The van der Waals surface area contributed by atoms with Crippen molar-refractivity contribution in [2.75, 3.05) is 26.1 Å². The van der Waals surface area contributed by atoms with Crippen LogP contribution in [0.5, 0.6) is 11.5 Å². The normalized spacial score (nSPS) is 14.5. The number of amides is 1. The van der Waals surface area contributed by atoms with Gasteiger partial charge in [0.2, 0.25) is 0 Å². The number of nitrogens with one attached hydrogen (secondary N) is 1. The van der Waals surface area contributed by atoms with Crippen molar-refractivity contribution in [3.05, 3.63) is 95.2 Å². The number of benzene rings is 3. The number of carbonyl (C=O) groups is 2. The van der Waals surface area contributed by atoms with Crippen molar-refractivity contribution in [3.8, 4) is 11.5 Å². The highest BCUT2D eigenvalue weighted by Crippen LogP contribution is 2.36. The lowest BCUT2D eigenvalue weighted by molar-refractivity contribution is -0.119. The quantitative estimate of drug-likeness (QED) is 0.349. The molecule has 3 aromatic carbocycles. The van der Waals surface area contributed by atoms with E-state index >= 15 is 0 Å². The number of para-hydroxylation sites is 1. The number of esters is 1. The number of hydrogen-bond acceptors (Lipinski definition) is 6. The zero-order valence-corrected chi connectivity index (χ0v) is 20.8. The Morgan fingerprint density at radius 3 is 2.54 bits per heavy atom. The summed E-state index contributed by atoms with van der Waals surface area (Å²) >= 11 is 0. The predicted molar refractivity (Wildman–Crippen MR) is 141 cm³/mol. The third kappa shape index (κ3) is 5.11. The molecule has 1 atom stereocenters. The Bertz CT molecular complexity index is 1450. The maximum Gasteiger partial charge on any atom is 0.339 e. The standard InChI is InChI=1S/C30H28N2O5/c1-35-21-13-15-27(36-2)26(17-21)32-28(33)18-37-30(34)29-22-10-6-7-11-24(22)31-25-14-12-20(16-23(25)29)19-8-4-3-5-9-19/h3-11,13,15,17,20H,12,14,16,18H2,1-2H3,(H,32,33). The maximum absolute atomic E-state index is 13.5. The van der Waals surface area contributed by atoms with Crippen LogP contribution in [0.15, 0.2) is 72.8 Å². The first-order valence-electron chi connectivity index (χ1n) is 12.2. The van der Waals surface area contributed by atoms with Crippen molar-refractivity contribution in [1.29, 1.82) is 0 Å². The number of aromatic nitrogens is 1. The van der Waals surface area contributed by atoms with Gasteiger partial charge in [-0.1, -0.05) is 48.5 Å². The molecule has 37 heavy (non-hydrogen) atoms. The number of carbonyl (C=O) groups excluding carboxylic acids is 2. The summed E-state index contributed by atoms with van der Waals surface area (Å²) < 4.78 is 16.1. The van der Waals surface area contributed by atoms with Crippen molar-refractivity contribution in [1.82, 2.24) is 4.98 Å². The van der Waals surface area contributed by atoms with E-state index in [1.807, 2.05) is 42.5 Å². The predicted octanol–water partition coefficient (Wildman–Crippen LogP) is 5.32. The van der Waals surface area contributed by atoms with Crippen LogP contribution in [-0.2, 0) is 22.4 Å². The third-order valence-corrected chi connectivity index (χ3v) is 6.75. The molecule has 1 heterocycles. The second kappa shape index (κ2) is 10.7. The van der Waals surface area contributed by atoms with Crippen molar-refractivity contribution < 1.29 is 23.8 Å². The Balaban J connectivity index is 1.39. The molecule has 0 saturated heterocycles. The first-order valence-corrected chi connectivity index (χ1v) is 12.2. The molecule has 0 fully saturated rings. The van der Waals surface area contributed by atoms with Crippen LogP contribution in [0.4, 0.5) is 5.69 Å². The Morgan fingerprint density at radius 2 is 1.76 bits per heavy atom. The van der Waals surface area contributed by atoms with Gasteiger partial charge in [-0.2, -0.15) is 0 Å². The van der Waals surface area contributed by atoms with Crippen LogP contribution in [0.3, 0.4) is 0 Å². The lowest BCUT2D eigenvalue weighted by Crippen LogP contribution is -2.24. The van der Waals surface area contributed by atoms with Crippen LogP contribution in [0, 0.1) is 0 Å². The van der Waals surface area contributed by atoms with E-state index in [1.54, 1.807) is 18.2 Å². The number of rotatable bonds is 7. The zero-order chi connectivity index (χ0) is 25.8. The van der Waals surface area contributed by atoms with Crippen molar-refractivity contribution in [3.63, 3.8) is 0 Å². The summed E-state index contributed by atoms with van der Waals surface area (Å²) in [6.07, 6.45) is 2.42. The monoisotopic (exact) mass is 496 g/mol. The van der Waals surface area contributed by atoms with Crippen LogP contribution >= 0.6 is 0 Å². The Morgan fingerprint density at radius 1 is 0.973 bits per heavy atom. The zero-order valence-electron chi connectivity index (χ0n) is 20.8. The lowest BCUT2D eigenvalue weighted by atomic mass is 9.80. The van der Waals surface area contributed by atoms with E-state index in [1.165, 1.54) is 19.8 Å². The summed E-state index contributed by atoms with van der Waals surface area (Å²) in [5, 5.41) is 3.47. The molecule has 0 bridgehead atoms. The van der Waals surface area contributed by atoms with E-state index in [0.717, 1.165) is 35.0 Å². The minimum Gasteiger partial charge on any atom is -0.497 e. The molecule has 1 aromatic heterocycles. The fourth-order valence-corrected chi connectivity index (χ4v) is 4.93. The smallest absolute Gasteiger partial charge is 0.339 e. The molecule has 0 spiro atoms. The van der Waals surface area contributed by atoms with Gasteiger partial charge >= 0.3 is 5.97 Å². The highest BCUT2D eigenvalue weighted by Gasteiger charge is 2.28. The Labute approximate surface area is 215 Å². The molecular formula is C30H28N2O5. The number of hydrogen-bond donors (Lipinski definition) is 1. The fraction of sp³-hybridized carbons (Fsp3) is 0.233. The number of pyridine rings is 1. The van der Waals surface area contributed by atoms with Gasteiger partial charge < -0.3 is 19.5 Å². The Hall–Kier alpha value is -4.39. The molecule has 5 rings (SSSR count). The Kier molecular flexibility index (Phi) is 7.03. The average molecular weight is 497 g/mol. The van der Waals surface area contributed by atoms with Crippen LogP contribution in [0.2, 0.25) is 0 Å². The molecule has 1 amide bonds. The highest BCUT2D eigenvalue weighted by molar-refractivity contribution is 6.06. The first kappa shape index (κ1) is 24.3. The average Bonchev–Trinajstić information content (AvgIpc) is 2.94. The van der Waals surface area contributed by atoms with Crippen LogP contribution < -0.4 is 14.8 Å². The molecule has 0 radical (unpaired) electrons. The van der Waals surface area contributed by atoms with E-state index in [2.05, 4.69) is 17.4 Å². The second-order valence-corrected chi connectivity index (χ2v) is 8.97. The van der Waals surface area contributed by atoms with E-state index < -0.39 is 18.5 Å². The van der Waals surface area contributed by atoms with E-state index in [9.17, 15) is 9.59 Å². The summed E-state index contributed by atoms with van der Waals surface area (Å²) in [4.78, 5) is 31.0. The topological polar surface area (TPSA) is 86.8 Å². The van der Waals surface area contributed by atoms with Crippen LogP contribution in [0.25, 0.3) is 10.9 Å². The lowest BCUT2D eigenvalue weighted by Gasteiger charge is -2.27. The van der Waals surface area contributed by atoms with Crippen molar-refractivity contribution in [2.24, 2.45) is 0 Å². The van der Waals surface area contributed by atoms with Crippen molar-refractivity contribution in [2.45, 2.75) is 25.2 Å². The van der Waals surface area contributed by atoms with Gasteiger partial charge in [0.15, 0.2) is 6.61 Å². The molecule has 7 nitrogen and oxygen atoms in total. The summed E-state index contributed by atoms with van der Waals surface area (Å²) in [6.45, 7) is -0.438. The van der Waals surface area contributed by atoms with Crippen LogP contribution in [0.1, 0.15) is 39.5 Å². The van der Waals surface area contributed by atoms with E-state index in [-0.39, 0.29) is 5.92 Å². The van der Waals surface area contributed by atoms with Gasteiger partial charge in [-0.05, 0) is 54.5 Å². The number of nitrogens with zero attached hydrogens (tertiary/aromatic N) is 1. The minimum absolute atomic E-state index is 0.284. The number of aryl methyl sites for hydroxylation is 1. The SMILES string of the molecule is COc1ccc(OC)c(NC(=O)COC(=O)c2c3c(nc4ccccc24)CCC(c2ccccc2)C3)c1. The van der Waals surface area contributed by atoms with Gasteiger partial charge in [-0.25, -0.2) is 4.79 Å². The molecule has 4 aromatic rings. The summed E-state index contributed by atoms with van der Waals surface area (Å²) in [7, 11) is 3.05. The molecule has 1 aliphatic carbocycles. The minimum atomic E-state index is -0.531. The van der Waals surface area contributed by atoms with Gasteiger partial charge in [-0.15, -0.1) is 0 Å². The molecule has 1 unspecified atom stereocenters. The maximum atomic E-state index is 13.5. The number of ether oxygens (including phenoxy) is 3. The largest absolute Gasteiger partial charge is 0.497 e. The molecule has 1 N–H and O–H groups in total. The number of methoxy groups -OCH3 is 2. The summed E-state index contributed by atoms with van der Waals surface area (Å²) in [6, 6.07) is 23.0. The third-order valence-electron chi connectivity index (χ3n) is 6.75. The van der Waals surface area contributed by atoms with Gasteiger partial charge in [0.1, 0.15) is 11.5 Å². The second-order valence-electron chi connectivity index (χ2n) is 8.97. The van der Waals surface area contributed by atoms with E-state index in [0.29, 0.717) is 29.2 Å². The molecule has 188 valence electrons. The summed E-state index contributed by atoms with van der Waals surface area (Å²) in [5.41, 5.74) is 4.74. The van der Waals surface area contributed by atoms with Crippen molar-refractivity contribution >= 4 is 28.5 Å². The molecular weight excluding hydrogens is 468 g/mol.